The molecule has 2 aromatic rings. The van der Waals surface area contributed by atoms with Gasteiger partial charge in [-0.1, -0.05) is 43.7 Å². The SMILES string of the molecule is Cc1ccc(F)c(CNc2cccc(C(C)C)c2)c1. The standard InChI is InChI=1S/C17H20FN/c1-12(2)14-5-4-6-16(10-14)19-11-15-9-13(3)7-8-17(15)18/h4-10,12,19H,11H2,1-3H3. The summed E-state index contributed by atoms with van der Waals surface area (Å²) in [5.41, 5.74) is 4.10. The lowest BCUT2D eigenvalue weighted by atomic mass is 10.0. The number of aryl methyl sites for hydroxylation is 1. The molecule has 0 saturated heterocycles. The normalized spacial score (nSPS) is 10.8. The Morgan fingerprint density at radius 3 is 2.63 bits per heavy atom. The molecule has 0 unspecified atom stereocenters. The first kappa shape index (κ1) is 13.6. The molecule has 0 aromatic heterocycles. The van der Waals surface area contributed by atoms with Gasteiger partial charge in [-0.05, 0) is 36.6 Å². The van der Waals surface area contributed by atoms with Crippen LogP contribution in [-0.2, 0) is 6.54 Å². The van der Waals surface area contributed by atoms with E-state index in [1.807, 2.05) is 25.1 Å². The molecule has 0 radical (unpaired) electrons. The fourth-order valence-electron chi connectivity index (χ4n) is 2.04. The molecule has 0 heterocycles. The second kappa shape index (κ2) is 5.87. The van der Waals surface area contributed by atoms with Gasteiger partial charge in [0.2, 0.25) is 0 Å². The highest BCUT2D eigenvalue weighted by Gasteiger charge is 2.03. The maximum absolute atomic E-state index is 13.6. The van der Waals surface area contributed by atoms with Gasteiger partial charge in [0, 0.05) is 17.8 Å². The number of anilines is 1. The molecule has 0 aliphatic rings. The molecule has 0 fully saturated rings. The van der Waals surface area contributed by atoms with Gasteiger partial charge in [0.15, 0.2) is 0 Å². The minimum atomic E-state index is -0.155. The molecule has 0 atom stereocenters. The Morgan fingerprint density at radius 2 is 1.89 bits per heavy atom. The number of rotatable bonds is 4. The molecule has 19 heavy (non-hydrogen) atoms. The van der Waals surface area contributed by atoms with Crippen molar-refractivity contribution < 1.29 is 4.39 Å². The lowest BCUT2D eigenvalue weighted by Gasteiger charge is -2.11. The molecule has 0 spiro atoms. The number of hydrogen-bond donors (Lipinski definition) is 1. The zero-order valence-electron chi connectivity index (χ0n) is 11.7. The van der Waals surface area contributed by atoms with Gasteiger partial charge in [0.25, 0.3) is 0 Å². The van der Waals surface area contributed by atoms with E-state index in [-0.39, 0.29) is 5.82 Å². The van der Waals surface area contributed by atoms with Gasteiger partial charge in [0.05, 0.1) is 0 Å². The second-order valence-electron chi connectivity index (χ2n) is 5.23. The third-order valence-corrected chi connectivity index (χ3v) is 3.24. The molecule has 0 aliphatic heterocycles. The van der Waals surface area contributed by atoms with Crippen molar-refractivity contribution in [2.24, 2.45) is 0 Å². The van der Waals surface area contributed by atoms with Crippen LogP contribution in [0, 0.1) is 12.7 Å². The van der Waals surface area contributed by atoms with Crippen molar-refractivity contribution in [3.05, 3.63) is 65.0 Å². The summed E-state index contributed by atoms with van der Waals surface area (Å²) in [6, 6.07) is 13.5. The average Bonchev–Trinajstić information content (AvgIpc) is 2.40. The maximum atomic E-state index is 13.6. The molecule has 2 heteroatoms. The molecule has 0 bridgehead atoms. The second-order valence-corrected chi connectivity index (χ2v) is 5.23. The molecule has 2 aromatic carbocycles. The Hall–Kier alpha value is -1.83. The minimum absolute atomic E-state index is 0.155. The first-order valence-electron chi connectivity index (χ1n) is 6.65. The maximum Gasteiger partial charge on any atom is 0.128 e. The summed E-state index contributed by atoms with van der Waals surface area (Å²) in [6.45, 7) is 6.82. The molecular formula is C17H20FN. The number of benzene rings is 2. The highest BCUT2D eigenvalue weighted by atomic mass is 19.1. The van der Waals surface area contributed by atoms with Crippen LogP contribution in [0.2, 0.25) is 0 Å². The van der Waals surface area contributed by atoms with Gasteiger partial charge < -0.3 is 5.32 Å². The summed E-state index contributed by atoms with van der Waals surface area (Å²) < 4.78 is 13.6. The predicted octanol–water partition coefficient (Wildman–Crippen LogP) is 4.87. The van der Waals surface area contributed by atoms with Crippen molar-refractivity contribution >= 4 is 5.69 Å². The zero-order chi connectivity index (χ0) is 13.8. The fraction of sp³-hybridized carbons (Fsp3) is 0.294. The Kier molecular flexibility index (Phi) is 4.20. The number of halogens is 1. The van der Waals surface area contributed by atoms with Crippen LogP contribution in [-0.4, -0.2) is 0 Å². The Balaban J connectivity index is 2.10. The number of nitrogens with one attached hydrogen (secondary N) is 1. The summed E-state index contributed by atoms with van der Waals surface area (Å²) in [5, 5.41) is 3.28. The smallest absolute Gasteiger partial charge is 0.128 e. The van der Waals surface area contributed by atoms with Crippen LogP contribution in [0.1, 0.15) is 36.5 Å². The van der Waals surface area contributed by atoms with E-state index in [2.05, 4.69) is 31.3 Å². The first-order valence-corrected chi connectivity index (χ1v) is 6.65. The van der Waals surface area contributed by atoms with E-state index in [0.29, 0.717) is 18.0 Å². The quantitative estimate of drug-likeness (QED) is 0.824. The summed E-state index contributed by atoms with van der Waals surface area (Å²) in [5.74, 6) is 0.343. The van der Waals surface area contributed by atoms with E-state index in [1.54, 1.807) is 6.07 Å². The van der Waals surface area contributed by atoms with Gasteiger partial charge in [-0.3, -0.25) is 0 Å². The Labute approximate surface area is 114 Å². The Morgan fingerprint density at radius 1 is 1.11 bits per heavy atom. The molecule has 0 amide bonds. The van der Waals surface area contributed by atoms with Crippen LogP contribution in [0.5, 0.6) is 0 Å². The van der Waals surface area contributed by atoms with Crippen LogP contribution in [0.3, 0.4) is 0 Å². The van der Waals surface area contributed by atoms with E-state index in [4.69, 9.17) is 0 Å². The monoisotopic (exact) mass is 257 g/mol. The molecular weight excluding hydrogens is 237 g/mol. The summed E-state index contributed by atoms with van der Waals surface area (Å²) in [7, 11) is 0. The van der Waals surface area contributed by atoms with Crippen LogP contribution in [0.15, 0.2) is 42.5 Å². The molecule has 2 rings (SSSR count). The van der Waals surface area contributed by atoms with Gasteiger partial charge in [-0.2, -0.15) is 0 Å². The highest BCUT2D eigenvalue weighted by Crippen LogP contribution is 2.19. The Bertz CT molecular complexity index is 561. The fourth-order valence-corrected chi connectivity index (χ4v) is 2.04. The van der Waals surface area contributed by atoms with E-state index >= 15 is 0 Å². The zero-order valence-corrected chi connectivity index (χ0v) is 11.7. The summed E-state index contributed by atoms with van der Waals surface area (Å²) >= 11 is 0. The first-order chi connectivity index (χ1) is 9.06. The van der Waals surface area contributed by atoms with Crippen molar-refractivity contribution in [2.45, 2.75) is 33.2 Å². The van der Waals surface area contributed by atoms with Crippen LogP contribution >= 0.6 is 0 Å². The van der Waals surface area contributed by atoms with Crippen molar-refractivity contribution in [3.8, 4) is 0 Å². The van der Waals surface area contributed by atoms with Crippen LogP contribution in [0.4, 0.5) is 10.1 Å². The third-order valence-electron chi connectivity index (χ3n) is 3.24. The third kappa shape index (κ3) is 3.57. The van der Waals surface area contributed by atoms with E-state index in [1.165, 1.54) is 11.6 Å². The van der Waals surface area contributed by atoms with Crippen molar-refractivity contribution in [1.29, 1.82) is 0 Å². The largest absolute Gasteiger partial charge is 0.381 e. The van der Waals surface area contributed by atoms with Gasteiger partial charge in [-0.25, -0.2) is 4.39 Å². The lowest BCUT2D eigenvalue weighted by molar-refractivity contribution is 0.612. The summed E-state index contributed by atoms with van der Waals surface area (Å²) in [4.78, 5) is 0. The lowest BCUT2D eigenvalue weighted by Crippen LogP contribution is -2.02. The topological polar surface area (TPSA) is 12.0 Å². The number of hydrogen-bond acceptors (Lipinski definition) is 1. The van der Waals surface area contributed by atoms with Crippen molar-refractivity contribution in [2.75, 3.05) is 5.32 Å². The van der Waals surface area contributed by atoms with Gasteiger partial charge in [-0.15, -0.1) is 0 Å². The predicted molar refractivity (Wildman–Crippen MR) is 79.0 cm³/mol. The molecule has 0 aliphatic carbocycles. The molecule has 0 saturated carbocycles. The van der Waals surface area contributed by atoms with Gasteiger partial charge in [0.1, 0.15) is 5.82 Å². The van der Waals surface area contributed by atoms with Crippen molar-refractivity contribution in [1.82, 2.24) is 0 Å². The molecule has 100 valence electrons. The minimum Gasteiger partial charge on any atom is -0.381 e. The van der Waals surface area contributed by atoms with E-state index in [9.17, 15) is 4.39 Å². The highest BCUT2D eigenvalue weighted by molar-refractivity contribution is 5.47. The average molecular weight is 257 g/mol. The van der Waals surface area contributed by atoms with E-state index in [0.717, 1.165) is 11.3 Å². The van der Waals surface area contributed by atoms with E-state index < -0.39 is 0 Å². The molecule has 1 nitrogen and oxygen atoms in total. The van der Waals surface area contributed by atoms with Crippen LogP contribution in [0.25, 0.3) is 0 Å². The van der Waals surface area contributed by atoms with Crippen molar-refractivity contribution in [3.63, 3.8) is 0 Å². The summed E-state index contributed by atoms with van der Waals surface area (Å²) in [6.07, 6.45) is 0. The molecule has 1 N–H and O–H groups in total. The van der Waals surface area contributed by atoms with Crippen LogP contribution < -0.4 is 5.32 Å². The van der Waals surface area contributed by atoms with Gasteiger partial charge >= 0.3 is 0 Å².